The van der Waals surface area contributed by atoms with E-state index in [0.29, 0.717) is 37.2 Å². The fourth-order valence-corrected chi connectivity index (χ4v) is 4.11. The van der Waals surface area contributed by atoms with Crippen molar-refractivity contribution < 1.29 is 27.3 Å². The van der Waals surface area contributed by atoms with E-state index in [4.69, 9.17) is 0 Å². The number of para-hydroxylation sites is 1. The molecule has 1 aliphatic carbocycles. The summed E-state index contributed by atoms with van der Waals surface area (Å²) in [6.07, 6.45) is -1.28. The van der Waals surface area contributed by atoms with Crippen molar-refractivity contribution in [1.82, 2.24) is 30.6 Å². The summed E-state index contributed by atoms with van der Waals surface area (Å²) in [6.45, 7) is 0.0171. The average Bonchev–Trinajstić information content (AvgIpc) is 3.49. The molecular formula is C22H23F3N6O4. The summed E-state index contributed by atoms with van der Waals surface area (Å²) in [5.41, 5.74) is -1.50. The Bertz CT molecular complexity index is 1230. The number of nitrogens with one attached hydrogen (secondary N) is 3. The molecule has 13 heteroatoms. The van der Waals surface area contributed by atoms with E-state index < -0.39 is 29.1 Å². The smallest absolute Gasteiger partial charge is 0.354 e. The van der Waals surface area contributed by atoms with Crippen LogP contribution in [0.2, 0.25) is 0 Å². The second kappa shape index (κ2) is 10.2. The summed E-state index contributed by atoms with van der Waals surface area (Å²) in [6, 6.07) is 8.15. The van der Waals surface area contributed by atoms with Crippen LogP contribution in [0.3, 0.4) is 0 Å². The molecule has 0 spiro atoms. The zero-order chi connectivity index (χ0) is 25.0. The second-order valence-electron chi connectivity index (χ2n) is 8.25. The number of amides is 2. The first-order valence-corrected chi connectivity index (χ1v) is 11.1. The van der Waals surface area contributed by atoms with Gasteiger partial charge in [-0.2, -0.15) is 18.3 Å². The average molecular weight is 492 g/mol. The van der Waals surface area contributed by atoms with Gasteiger partial charge < -0.3 is 10.6 Å². The molecule has 0 saturated heterocycles. The second-order valence-corrected chi connectivity index (χ2v) is 8.25. The minimum absolute atomic E-state index is 0.0180. The minimum Gasteiger partial charge on any atom is -0.354 e. The molecule has 3 aromatic rings. The highest BCUT2D eigenvalue weighted by Gasteiger charge is 2.39. The number of hydrogen-bond acceptors (Lipinski definition) is 6. The highest BCUT2D eigenvalue weighted by Crippen LogP contribution is 2.34. The van der Waals surface area contributed by atoms with Gasteiger partial charge in [0.25, 0.3) is 5.91 Å². The van der Waals surface area contributed by atoms with Gasteiger partial charge in [-0.25, -0.2) is 9.48 Å². The van der Waals surface area contributed by atoms with E-state index in [9.17, 15) is 27.6 Å². The molecule has 2 amide bonds. The molecule has 3 N–H and O–H groups in total. The van der Waals surface area contributed by atoms with Crippen LogP contribution in [0.25, 0.3) is 5.69 Å². The van der Waals surface area contributed by atoms with Gasteiger partial charge in [0.15, 0.2) is 11.5 Å². The predicted octanol–water partition coefficient (Wildman–Crippen LogP) is 2.39. The molecule has 4 rings (SSSR count). The van der Waals surface area contributed by atoms with Crippen LogP contribution in [0.4, 0.5) is 13.2 Å². The van der Waals surface area contributed by atoms with Gasteiger partial charge >= 0.3 is 11.9 Å². The molecule has 186 valence electrons. The van der Waals surface area contributed by atoms with Gasteiger partial charge in [-0.15, -0.1) is 0 Å². The number of hydrogen-bond donors (Lipinski definition) is 3. The zero-order valence-corrected chi connectivity index (χ0v) is 18.5. The van der Waals surface area contributed by atoms with Crippen LogP contribution in [0, 0.1) is 5.92 Å². The summed E-state index contributed by atoms with van der Waals surface area (Å²) in [4.78, 5) is 38.5. The lowest BCUT2D eigenvalue weighted by atomic mass is 9.81. The maximum Gasteiger partial charge on any atom is 0.438 e. The van der Waals surface area contributed by atoms with E-state index in [1.54, 1.807) is 30.3 Å². The highest BCUT2D eigenvalue weighted by molar-refractivity contribution is 5.95. The van der Waals surface area contributed by atoms with Gasteiger partial charge in [0.1, 0.15) is 0 Å². The lowest BCUT2D eigenvalue weighted by molar-refractivity contribution is -0.141. The van der Waals surface area contributed by atoms with E-state index in [0.717, 1.165) is 10.9 Å². The molecule has 0 atom stereocenters. The largest absolute Gasteiger partial charge is 0.438 e. The molecule has 1 aromatic carbocycles. The Labute approximate surface area is 196 Å². The highest BCUT2D eigenvalue weighted by atomic mass is 19.4. The van der Waals surface area contributed by atoms with Crippen molar-refractivity contribution in [2.45, 2.75) is 37.8 Å². The van der Waals surface area contributed by atoms with Gasteiger partial charge in [-0.3, -0.25) is 19.1 Å². The Kier molecular flexibility index (Phi) is 7.03. The van der Waals surface area contributed by atoms with Gasteiger partial charge in [-0.05, 0) is 37.8 Å². The van der Waals surface area contributed by atoms with Crippen LogP contribution in [0.15, 0.2) is 45.8 Å². The lowest BCUT2D eigenvalue weighted by Gasteiger charge is -2.26. The topological polar surface area (TPSA) is 135 Å². The first-order valence-electron chi connectivity index (χ1n) is 11.1. The number of H-pyrrole nitrogens is 1. The molecule has 0 radical (unpaired) electrons. The van der Waals surface area contributed by atoms with Crippen molar-refractivity contribution in [1.29, 1.82) is 0 Å². The maximum atomic E-state index is 13.4. The number of carbonyl (C=O) groups is 2. The molecule has 10 nitrogen and oxygen atoms in total. The number of carbonyl (C=O) groups excluding carboxylic acids is 2. The van der Waals surface area contributed by atoms with Gasteiger partial charge in [0.05, 0.1) is 11.3 Å². The van der Waals surface area contributed by atoms with Gasteiger partial charge in [0, 0.05) is 31.1 Å². The molecule has 35 heavy (non-hydrogen) atoms. The summed E-state index contributed by atoms with van der Waals surface area (Å²) in [5.74, 6) is -1.48. The fraction of sp³-hybridized carbons (Fsp3) is 0.409. The molecule has 1 saturated carbocycles. The lowest BCUT2D eigenvalue weighted by Crippen LogP contribution is -2.38. The monoisotopic (exact) mass is 492 g/mol. The van der Waals surface area contributed by atoms with Gasteiger partial charge in [0.2, 0.25) is 5.91 Å². The van der Waals surface area contributed by atoms with Crippen LogP contribution in [-0.2, 0) is 11.0 Å². The van der Waals surface area contributed by atoms with Crippen molar-refractivity contribution in [2.24, 2.45) is 5.92 Å². The minimum atomic E-state index is -4.81. The maximum absolute atomic E-state index is 13.4. The van der Waals surface area contributed by atoms with E-state index in [-0.39, 0.29) is 30.8 Å². The predicted molar refractivity (Wildman–Crippen MR) is 116 cm³/mol. The third-order valence-electron chi connectivity index (χ3n) is 5.90. The van der Waals surface area contributed by atoms with E-state index >= 15 is 0 Å². The van der Waals surface area contributed by atoms with Crippen molar-refractivity contribution in [2.75, 3.05) is 13.1 Å². The Hall–Kier alpha value is -3.90. The molecule has 1 fully saturated rings. The third-order valence-corrected chi connectivity index (χ3v) is 5.90. The molecule has 1 aliphatic rings. The van der Waals surface area contributed by atoms with Crippen LogP contribution >= 0.6 is 0 Å². The van der Waals surface area contributed by atoms with Gasteiger partial charge in [-0.1, -0.05) is 23.4 Å². The molecule has 0 unspecified atom stereocenters. The Balaban J connectivity index is 1.27. The fourth-order valence-electron chi connectivity index (χ4n) is 4.11. The standard InChI is InChI=1S/C22H23F3N6O4/c23-22(24,25)17-16(12-31(29-17)15-4-2-1-3-5-15)20(33)27-11-10-26-19(32)14-8-6-13(7-9-14)18-28-21(34)35-30-18/h1-5,12-14H,6-11H2,(H,26,32)(H,27,33)(H,28,30,34). The number of halogens is 3. The quantitative estimate of drug-likeness (QED) is 0.434. The van der Waals surface area contributed by atoms with Crippen molar-refractivity contribution in [3.05, 3.63) is 64.2 Å². The third kappa shape index (κ3) is 5.78. The van der Waals surface area contributed by atoms with E-state index in [2.05, 4.69) is 30.4 Å². The first kappa shape index (κ1) is 24.2. The molecular weight excluding hydrogens is 469 g/mol. The van der Waals surface area contributed by atoms with Crippen molar-refractivity contribution in [3.63, 3.8) is 0 Å². The van der Waals surface area contributed by atoms with Crippen LogP contribution in [0.1, 0.15) is 53.5 Å². The number of aromatic nitrogens is 4. The first-order chi connectivity index (χ1) is 16.7. The summed E-state index contributed by atoms with van der Waals surface area (Å²) >= 11 is 0. The van der Waals surface area contributed by atoms with E-state index in [1.165, 1.54) is 0 Å². The van der Waals surface area contributed by atoms with Crippen LogP contribution in [-0.4, -0.2) is 44.8 Å². The van der Waals surface area contributed by atoms with Crippen molar-refractivity contribution >= 4 is 11.8 Å². The number of aromatic amines is 1. The normalized spacial score (nSPS) is 18.3. The molecule has 0 bridgehead atoms. The SMILES string of the molecule is O=C(NCCNC(=O)C1CCC(c2noc(=O)[nH]2)CC1)c1cn(-c2ccccc2)nc1C(F)(F)F. The molecule has 0 aliphatic heterocycles. The molecule has 2 heterocycles. The Morgan fingerprint density at radius 3 is 2.40 bits per heavy atom. The summed E-state index contributed by atoms with van der Waals surface area (Å²) < 4.78 is 45.8. The Morgan fingerprint density at radius 2 is 1.77 bits per heavy atom. The summed E-state index contributed by atoms with van der Waals surface area (Å²) in [7, 11) is 0. The number of rotatable bonds is 7. The van der Waals surface area contributed by atoms with Crippen molar-refractivity contribution in [3.8, 4) is 5.69 Å². The van der Waals surface area contributed by atoms with Crippen LogP contribution < -0.4 is 16.4 Å². The number of alkyl halides is 3. The summed E-state index contributed by atoms with van der Waals surface area (Å²) in [5, 5.41) is 12.4. The van der Waals surface area contributed by atoms with E-state index in [1.807, 2.05) is 0 Å². The molecule has 2 aromatic heterocycles. The number of benzene rings is 1. The zero-order valence-electron chi connectivity index (χ0n) is 18.5. The van der Waals surface area contributed by atoms with Crippen LogP contribution in [0.5, 0.6) is 0 Å². The number of nitrogens with zero attached hydrogens (tertiary/aromatic N) is 3. The Morgan fingerprint density at radius 1 is 1.09 bits per heavy atom.